The summed E-state index contributed by atoms with van der Waals surface area (Å²) in [5.41, 5.74) is 4.07. The normalized spacial score (nSPS) is 20.9. The first-order chi connectivity index (χ1) is 22.6. The van der Waals surface area contributed by atoms with Crippen molar-refractivity contribution >= 4 is 15.7 Å². The largest absolute Gasteiger partial charge is 0.497 e. The van der Waals surface area contributed by atoms with Crippen LogP contribution in [0.2, 0.25) is 0 Å². The number of fused-ring (bicyclic) bond motifs is 1. The second-order valence-electron chi connectivity index (χ2n) is 13.0. The molecular weight excluding hydrogens is 616 g/mol. The van der Waals surface area contributed by atoms with Gasteiger partial charge in [-0.3, -0.25) is 0 Å². The number of methoxy groups -OCH3 is 2. The molecule has 0 aliphatic carbocycles. The van der Waals surface area contributed by atoms with Crippen molar-refractivity contribution in [2.45, 2.75) is 75.7 Å². The fourth-order valence-electron chi connectivity index (χ4n) is 6.53. The van der Waals surface area contributed by atoms with Crippen molar-refractivity contribution in [2.24, 2.45) is 5.92 Å². The smallest absolute Gasteiger partial charge is 0.243 e. The number of ether oxygens (including phenoxy) is 4. The first kappa shape index (κ1) is 35.2. The van der Waals surface area contributed by atoms with E-state index in [1.54, 1.807) is 30.7 Å². The molecular formula is C37H50N2O7S. The molecule has 3 aromatic rings. The van der Waals surface area contributed by atoms with Crippen LogP contribution in [0.5, 0.6) is 11.5 Å². The van der Waals surface area contributed by atoms with Gasteiger partial charge in [0, 0.05) is 38.8 Å². The molecule has 0 bridgehead atoms. The Morgan fingerprint density at radius 1 is 1.02 bits per heavy atom. The quantitative estimate of drug-likeness (QED) is 0.217. The summed E-state index contributed by atoms with van der Waals surface area (Å²) in [6.07, 6.45) is 0.693. The van der Waals surface area contributed by atoms with Gasteiger partial charge in [-0.1, -0.05) is 49.7 Å². The van der Waals surface area contributed by atoms with E-state index in [1.807, 2.05) is 69.3 Å². The van der Waals surface area contributed by atoms with E-state index in [1.165, 1.54) is 0 Å². The highest BCUT2D eigenvalue weighted by Gasteiger charge is 2.43. The van der Waals surface area contributed by atoms with Crippen LogP contribution in [0.25, 0.3) is 0 Å². The van der Waals surface area contributed by atoms with Gasteiger partial charge < -0.3 is 29.0 Å². The van der Waals surface area contributed by atoms with Gasteiger partial charge in [0.25, 0.3) is 0 Å². The number of rotatable bonds is 14. The van der Waals surface area contributed by atoms with Gasteiger partial charge in [0.2, 0.25) is 10.0 Å². The molecule has 1 N–H and O–H groups in total. The minimum absolute atomic E-state index is 0.00519. The lowest BCUT2D eigenvalue weighted by molar-refractivity contribution is -0.0285. The predicted molar refractivity (Wildman–Crippen MR) is 184 cm³/mol. The molecule has 10 heteroatoms. The Labute approximate surface area is 280 Å². The Kier molecular flexibility index (Phi) is 11.8. The van der Waals surface area contributed by atoms with Crippen LogP contribution in [-0.4, -0.2) is 83.1 Å². The van der Waals surface area contributed by atoms with Crippen LogP contribution >= 0.6 is 0 Å². The van der Waals surface area contributed by atoms with Crippen LogP contribution in [0.4, 0.5) is 5.69 Å². The summed E-state index contributed by atoms with van der Waals surface area (Å²) in [6, 6.07) is 20.6. The minimum atomic E-state index is -3.87. The van der Waals surface area contributed by atoms with Crippen molar-refractivity contribution in [3.05, 3.63) is 83.4 Å². The van der Waals surface area contributed by atoms with Gasteiger partial charge >= 0.3 is 0 Å². The maximum Gasteiger partial charge on any atom is 0.243 e. The lowest BCUT2D eigenvalue weighted by Gasteiger charge is -2.44. The van der Waals surface area contributed by atoms with Crippen molar-refractivity contribution in [1.29, 1.82) is 0 Å². The number of hydrogen-bond donors (Lipinski definition) is 1. The number of benzene rings is 3. The molecule has 0 radical (unpaired) electrons. The zero-order valence-electron chi connectivity index (χ0n) is 28.3. The summed E-state index contributed by atoms with van der Waals surface area (Å²) in [6.45, 7) is 9.34. The number of hydrogen-bond acceptors (Lipinski definition) is 8. The van der Waals surface area contributed by atoms with Crippen LogP contribution < -0.4 is 14.4 Å². The third kappa shape index (κ3) is 8.48. The average Bonchev–Trinajstić information content (AvgIpc) is 3.07. The van der Waals surface area contributed by atoms with E-state index in [4.69, 9.17) is 18.9 Å². The van der Waals surface area contributed by atoms with Crippen LogP contribution in [-0.2, 0) is 26.1 Å². The molecule has 1 fully saturated rings. The summed E-state index contributed by atoms with van der Waals surface area (Å²) in [7, 11) is -0.516. The molecule has 2 aliphatic heterocycles. The molecule has 2 heterocycles. The van der Waals surface area contributed by atoms with E-state index in [-0.39, 0.29) is 23.3 Å². The average molecular weight is 667 g/mol. The second-order valence-corrected chi connectivity index (χ2v) is 14.9. The van der Waals surface area contributed by atoms with Gasteiger partial charge in [-0.05, 0) is 79.6 Å². The van der Waals surface area contributed by atoms with E-state index in [2.05, 4.69) is 11.0 Å². The Morgan fingerprint density at radius 3 is 2.45 bits per heavy atom. The Morgan fingerprint density at radius 2 is 1.77 bits per heavy atom. The Bertz CT molecular complexity index is 1550. The molecule has 47 heavy (non-hydrogen) atoms. The number of sulfonamides is 1. The molecule has 2 aliphatic rings. The van der Waals surface area contributed by atoms with Crippen molar-refractivity contribution in [3.63, 3.8) is 0 Å². The lowest BCUT2D eigenvalue weighted by atomic mass is 9.81. The predicted octanol–water partition coefficient (Wildman–Crippen LogP) is 5.78. The van der Waals surface area contributed by atoms with Gasteiger partial charge in [0.1, 0.15) is 18.1 Å². The van der Waals surface area contributed by atoms with Gasteiger partial charge in [0.05, 0.1) is 43.1 Å². The molecule has 1 saturated heterocycles. The zero-order chi connectivity index (χ0) is 33.6. The van der Waals surface area contributed by atoms with E-state index in [0.717, 1.165) is 53.4 Å². The first-order valence-electron chi connectivity index (χ1n) is 16.6. The molecule has 0 saturated carbocycles. The topological polar surface area (TPSA) is 97.8 Å². The van der Waals surface area contributed by atoms with Crippen LogP contribution in [0, 0.1) is 12.8 Å². The minimum Gasteiger partial charge on any atom is -0.497 e. The molecule has 0 spiro atoms. The summed E-state index contributed by atoms with van der Waals surface area (Å²) in [5.74, 6) is 1.51. The SMILES string of the molecule is COCCCN1CCOc2ccc(CO[C@H]3CN(S(=O)(=O)c4ccc(C)cc4)[C@@H](CC(O)C(C)C)C[C@@H]3c3ccc(OC)cc3)cc21. The molecule has 0 amide bonds. The van der Waals surface area contributed by atoms with Crippen molar-refractivity contribution < 1.29 is 32.5 Å². The molecule has 4 atom stereocenters. The summed E-state index contributed by atoms with van der Waals surface area (Å²) >= 11 is 0. The maximum absolute atomic E-state index is 14.3. The number of aryl methyl sites for hydroxylation is 1. The molecule has 3 aromatic carbocycles. The van der Waals surface area contributed by atoms with Crippen LogP contribution in [0.3, 0.4) is 0 Å². The van der Waals surface area contributed by atoms with E-state index >= 15 is 0 Å². The maximum atomic E-state index is 14.3. The Balaban J connectivity index is 1.46. The summed E-state index contributed by atoms with van der Waals surface area (Å²) in [4.78, 5) is 2.57. The van der Waals surface area contributed by atoms with Crippen molar-refractivity contribution in [2.75, 3.05) is 52.0 Å². The number of anilines is 1. The third-order valence-corrected chi connectivity index (χ3v) is 11.4. The highest BCUT2D eigenvalue weighted by molar-refractivity contribution is 7.89. The highest BCUT2D eigenvalue weighted by atomic mass is 32.2. The second kappa shape index (κ2) is 15.8. The Hall–Kier alpha value is -3.15. The van der Waals surface area contributed by atoms with E-state index < -0.39 is 28.3 Å². The first-order valence-corrected chi connectivity index (χ1v) is 18.1. The lowest BCUT2D eigenvalue weighted by Crippen LogP contribution is -2.53. The molecule has 5 rings (SSSR count). The van der Waals surface area contributed by atoms with Gasteiger partial charge in [-0.25, -0.2) is 8.42 Å². The number of nitrogens with zero attached hydrogens (tertiary/aromatic N) is 2. The van der Waals surface area contributed by atoms with E-state index in [0.29, 0.717) is 32.7 Å². The number of aliphatic hydroxyl groups is 1. The van der Waals surface area contributed by atoms with Gasteiger partial charge in [-0.2, -0.15) is 4.31 Å². The number of aliphatic hydroxyl groups excluding tert-OH is 1. The number of piperidine rings is 1. The molecule has 9 nitrogen and oxygen atoms in total. The molecule has 0 aromatic heterocycles. The van der Waals surface area contributed by atoms with Gasteiger partial charge in [-0.15, -0.1) is 0 Å². The molecule has 1 unspecified atom stereocenters. The molecule has 256 valence electrons. The van der Waals surface area contributed by atoms with Crippen molar-refractivity contribution in [3.8, 4) is 11.5 Å². The third-order valence-electron chi connectivity index (χ3n) is 9.42. The zero-order valence-corrected chi connectivity index (χ0v) is 29.1. The standard InChI is InChI=1S/C37H50N2O7S/c1-26(2)35(40)23-30-22-33(29-10-12-31(44-5)13-11-29)37(24-39(30)47(41,42)32-14-7-27(3)8-15-32)46-25-28-9-16-36-34(21-28)38(18-20-45-36)17-6-19-43-4/h7-16,21,26,30,33,35,37,40H,6,17-20,22-25H2,1-5H3/t30-,33-,35?,37+/m1/s1. The van der Waals surface area contributed by atoms with E-state index in [9.17, 15) is 13.5 Å². The summed E-state index contributed by atoms with van der Waals surface area (Å²) < 4.78 is 53.4. The fraction of sp³-hybridized carbons (Fsp3) is 0.514. The van der Waals surface area contributed by atoms with Crippen LogP contribution in [0.1, 0.15) is 55.7 Å². The highest BCUT2D eigenvalue weighted by Crippen LogP contribution is 2.40. The fourth-order valence-corrected chi connectivity index (χ4v) is 8.19. The summed E-state index contributed by atoms with van der Waals surface area (Å²) in [5, 5.41) is 11.0. The van der Waals surface area contributed by atoms with Gasteiger partial charge in [0.15, 0.2) is 0 Å². The van der Waals surface area contributed by atoms with Crippen LogP contribution in [0.15, 0.2) is 71.6 Å². The monoisotopic (exact) mass is 666 g/mol. The van der Waals surface area contributed by atoms with Crippen molar-refractivity contribution in [1.82, 2.24) is 4.31 Å².